The van der Waals surface area contributed by atoms with Crippen molar-refractivity contribution in [1.29, 1.82) is 0 Å². The number of nitrogens with one attached hydrogen (secondary N) is 1. The summed E-state index contributed by atoms with van der Waals surface area (Å²) in [4.78, 5) is 13.2. The van der Waals surface area contributed by atoms with Gasteiger partial charge in [-0.25, -0.2) is 0 Å². The van der Waals surface area contributed by atoms with Crippen LogP contribution in [0.2, 0.25) is 0 Å². The molecule has 0 aliphatic carbocycles. The van der Waals surface area contributed by atoms with Gasteiger partial charge in [0.2, 0.25) is 5.91 Å². The minimum absolute atomic E-state index is 0.241. The van der Waals surface area contributed by atoms with E-state index in [1.807, 2.05) is 6.08 Å². The molecule has 17 atom stereocenters. The Labute approximate surface area is 447 Å². The first-order valence-corrected chi connectivity index (χ1v) is 28.7. The number of amides is 1. The van der Waals surface area contributed by atoms with Crippen LogP contribution in [0.3, 0.4) is 0 Å². The Morgan fingerprint density at radius 3 is 1.39 bits per heavy atom. The lowest BCUT2D eigenvalue weighted by Crippen LogP contribution is -2.66. The van der Waals surface area contributed by atoms with Gasteiger partial charge in [-0.3, -0.25) is 4.79 Å². The van der Waals surface area contributed by atoms with E-state index in [0.29, 0.717) is 6.42 Å². The maximum Gasteiger partial charge on any atom is 0.220 e. The van der Waals surface area contributed by atoms with Crippen LogP contribution in [0, 0.1) is 0 Å². The van der Waals surface area contributed by atoms with E-state index in [1.54, 1.807) is 6.08 Å². The largest absolute Gasteiger partial charge is 0.394 e. The van der Waals surface area contributed by atoms with Crippen molar-refractivity contribution in [3.8, 4) is 0 Å². The Balaban J connectivity index is 1.38. The quantitative estimate of drug-likeness (QED) is 0.0302. The van der Waals surface area contributed by atoms with Crippen LogP contribution in [0.15, 0.2) is 36.5 Å². The molecule has 0 spiro atoms. The predicted octanol–water partition coefficient (Wildman–Crippen LogP) is 4.15. The zero-order chi connectivity index (χ0) is 54.8. The van der Waals surface area contributed by atoms with Crippen molar-refractivity contribution in [2.24, 2.45) is 0 Å². The maximum atomic E-state index is 13.2. The van der Waals surface area contributed by atoms with Crippen LogP contribution in [0.5, 0.6) is 0 Å². The molecule has 3 aliphatic heterocycles. The molecule has 3 fully saturated rings. The lowest BCUT2D eigenvalue weighted by molar-refractivity contribution is -0.379. The highest BCUT2D eigenvalue weighted by Crippen LogP contribution is 2.33. The number of carbonyl (C=O) groups is 1. The van der Waals surface area contributed by atoms with E-state index < -0.39 is 124 Å². The van der Waals surface area contributed by atoms with Gasteiger partial charge in [0.1, 0.15) is 73.2 Å². The highest BCUT2D eigenvalue weighted by molar-refractivity contribution is 5.76. The molecule has 0 aromatic heterocycles. The van der Waals surface area contributed by atoms with Gasteiger partial charge in [-0.1, -0.05) is 159 Å². The minimum atomic E-state index is -1.98. The molecule has 0 aromatic carbocycles. The average Bonchev–Trinajstić information content (AvgIpc) is 3.41. The second-order valence-electron chi connectivity index (χ2n) is 20.8. The van der Waals surface area contributed by atoms with E-state index in [2.05, 4.69) is 43.5 Å². The van der Waals surface area contributed by atoms with Gasteiger partial charge in [-0.2, -0.15) is 0 Å². The highest BCUT2D eigenvalue weighted by atomic mass is 16.8. The molecule has 12 N–H and O–H groups in total. The molecule has 0 saturated carbocycles. The van der Waals surface area contributed by atoms with Gasteiger partial charge in [-0.05, 0) is 51.4 Å². The third-order valence-corrected chi connectivity index (χ3v) is 14.4. The number of ether oxygens (including phenoxy) is 6. The van der Waals surface area contributed by atoms with Gasteiger partial charge >= 0.3 is 0 Å². The Bertz CT molecular complexity index is 1520. The molecule has 3 rings (SSSR count). The Morgan fingerprint density at radius 1 is 0.480 bits per heavy atom. The van der Waals surface area contributed by atoms with Crippen molar-refractivity contribution < 1.29 is 89.4 Å². The van der Waals surface area contributed by atoms with Crippen molar-refractivity contribution in [3.05, 3.63) is 36.5 Å². The number of hydrogen-bond acceptors (Lipinski definition) is 18. The summed E-state index contributed by atoms with van der Waals surface area (Å²) < 4.78 is 34.0. The summed E-state index contributed by atoms with van der Waals surface area (Å²) in [5.74, 6) is -0.285. The third kappa shape index (κ3) is 24.9. The zero-order valence-corrected chi connectivity index (χ0v) is 45.3. The van der Waals surface area contributed by atoms with Gasteiger partial charge < -0.3 is 89.9 Å². The lowest BCUT2D eigenvalue weighted by atomic mass is 9.96. The summed E-state index contributed by atoms with van der Waals surface area (Å²) in [6.45, 7) is 1.57. The number of unbranched alkanes of at least 4 members (excludes halogenated alkanes) is 21. The Kier molecular flexibility index (Phi) is 36.1. The fraction of sp³-hybridized carbons (Fsp3) is 0.875. The van der Waals surface area contributed by atoms with E-state index in [0.717, 1.165) is 51.4 Å². The Morgan fingerprint density at radius 2 is 0.880 bits per heavy atom. The monoisotopic (exact) mass is 1080 g/mol. The number of allylic oxidation sites excluding steroid dienone is 5. The van der Waals surface area contributed by atoms with Crippen molar-refractivity contribution in [2.45, 2.75) is 285 Å². The molecule has 3 aliphatic rings. The Hall–Kier alpha value is -1.99. The first kappa shape index (κ1) is 67.3. The molecule has 3 heterocycles. The first-order valence-electron chi connectivity index (χ1n) is 28.7. The summed E-state index contributed by atoms with van der Waals surface area (Å²) in [7, 11) is 0. The van der Waals surface area contributed by atoms with Crippen LogP contribution in [0.25, 0.3) is 0 Å². The summed E-state index contributed by atoms with van der Waals surface area (Å²) in [6.07, 6.45) is 15.0. The van der Waals surface area contributed by atoms with Crippen LogP contribution in [-0.4, -0.2) is 193 Å². The normalized spacial score (nSPS) is 31.5. The van der Waals surface area contributed by atoms with Gasteiger partial charge in [-0.15, -0.1) is 0 Å². The molecule has 19 nitrogen and oxygen atoms in total. The van der Waals surface area contributed by atoms with Crippen molar-refractivity contribution in [2.75, 3.05) is 26.4 Å². The number of rotatable bonds is 41. The molecular formula is C56H101NO18. The molecule has 1 amide bonds. The molecule has 0 radical (unpaired) electrons. The second kappa shape index (κ2) is 40.2. The summed E-state index contributed by atoms with van der Waals surface area (Å²) in [6, 6.07) is -0.968. The fourth-order valence-electron chi connectivity index (χ4n) is 9.63. The fourth-order valence-corrected chi connectivity index (χ4v) is 9.63. The summed E-state index contributed by atoms with van der Waals surface area (Å²) in [5, 5.41) is 119. The molecule has 3 saturated heterocycles. The third-order valence-electron chi connectivity index (χ3n) is 14.4. The molecule has 19 heteroatoms. The topological polar surface area (TPSA) is 307 Å². The van der Waals surface area contributed by atoms with Gasteiger partial charge in [0.05, 0.1) is 38.6 Å². The molecule has 0 bridgehead atoms. The average molecular weight is 1080 g/mol. The molecule has 17 unspecified atom stereocenters. The molecule has 75 heavy (non-hydrogen) atoms. The van der Waals surface area contributed by atoms with Gasteiger partial charge in [0, 0.05) is 6.42 Å². The number of hydrogen-bond donors (Lipinski definition) is 12. The van der Waals surface area contributed by atoms with Crippen molar-refractivity contribution >= 4 is 5.91 Å². The number of aliphatic hydroxyl groups is 11. The standard InChI is InChI=1S/C56H101NO18/c1-3-5-7-9-10-11-12-13-14-15-16-17-18-19-20-21-22-23-24-25-26-27-28-30-32-34-44(62)57-39(40(61)33-31-29-8-6-4-2)38-70-54-50(68)47(65)52(42(36-59)72-54)75-56-51(69)48(66)53(43(37-60)73-56)74-55-49(67)46(64)45(63)41(35-58)71-55/h12-13,15-16,31,33,39-43,45-56,58-61,63-69H,3-11,14,17-30,32,34-38H2,1-2H3,(H,57,62)/b13-12-,16-15-,33-31+. The van der Waals surface area contributed by atoms with Gasteiger partial charge in [0.15, 0.2) is 18.9 Å². The summed E-state index contributed by atoms with van der Waals surface area (Å²) >= 11 is 0. The lowest BCUT2D eigenvalue weighted by Gasteiger charge is -2.48. The van der Waals surface area contributed by atoms with Crippen LogP contribution >= 0.6 is 0 Å². The minimum Gasteiger partial charge on any atom is -0.394 e. The SMILES string of the molecule is CCCCC/C=C/C(O)C(COC1OC(CO)C(OC2OC(CO)C(OC3OC(CO)C(O)C(O)C3O)C(O)C2O)C(O)C1O)NC(=O)CCCCCCCCCCCCCCC/C=C\C/C=C\CCCCCCC. The number of aliphatic hydroxyl groups excluding tert-OH is 11. The van der Waals surface area contributed by atoms with E-state index >= 15 is 0 Å². The number of carbonyl (C=O) groups excluding carboxylic acids is 1. The highest BCUT2D eigenvalue weighted by Gasteiger charge is 2.53. The van der Waals surface area contributed by atoms with Crippen LogP contribution in [0.4, 0.5) is 0 Å². The maximum absolute atomic E-state index is 13.2. The molecule has 438 valence electrons. The van der Waals surface area contributed by atoms with Crippen LogP contribution in [-0.2, 0) is 33.2 Å². The zero-order valence-electron chi connectivity index (χ0n) is 45.3. The van der Waals surface area contributed by atoms with E-state index in [4.69, 9.17) is 28.4 Å². The van der Waals surface area contributed by atoms with Crippen LogP contribution in [0.1, 0.15) is 181 Å². The van der Waals surface area contributed by atoms with E-state index in [1.165, 1.54) is 103 Å². The van der Waals surface area contributed by atoms with E-state index in [9.17, 15) is 61.0 Å². The molecule has 0 aromatic rings. The van der Waals surface area contributed by atoms with Crippen molar-refractivity contribution in [1.82, 2.24) is 5.32 Å². The second-order valence-corrected chi connectivity index (χ2v) is 20.8. The van der Waals surface area contributed by atoms with E-state index in [-0.39, 0.29) is 18.9 Å². The van der Waals surface area contributed by atoms with Gasteiger partial charge in [0.25, 0.3) is 0 Å². The van der Waals surface area contributed by atoms with Crippen LogP contribution < -0.4 is 5.32 Å². The predicted molar refractivity (Wildman–Crippen MR) is 282 cm³/mol. The smallest absolute Gasteiger partial charge is 0.220 e. The summed E-state index contributed by atoms with van der Waals surface area (Å²) in [5.41, 5.74) is 0. The molecular weight excluding hydrogens is 975 g/mol. The van der Waals surface area contributed by atoms with Crippen molar-refractivity contribution in [3.63, 3.8) is 0 Å². The first-order chi connectivity index (χ1) is 36.3.